The molecule has 3 nitrogen and oxygen atoms in total. The average molecular weight is 447 g/mol. The van der Waals surface area contributed by atoms with Crippen molar-refractivity contribution in [3.63, 3.8) is 0 Å². The van der Waals surface area contributed by atoms with Gasteiger partial charge in [0.15, 0.2) is 0 Å². The first kappa shape index (κ1) is 21.5. The number of rotatable bonds is 5. The van der Waals surface area contributed by atoms with Gasteiger partial charge in [-0.25, -0.2) is 8.42 Å². The van der Waals surface area contributed by atoms with Gasteiger partial charge in [-0.3, -0.25) is 0 Å². The molecule has 0 radical (unpaired) electrons. The van der Waals surface area contributed by atoms with Gasteiger partial charge in [-0.15, -0.1) is 0 Å². The van der Waals surface area contributed by atoms with E-state index in [2.05, 4.69) is 32.0 Å². The van der Waals surface area contributed by atoms with Gasteiger partial charge in [-0.05, 0) is 73.5 Å². The Bertz CT molecular complexity index is 1280. The molecule has 0 atom stereocenters. The maximum atomic E-state index is 12.4. The van der Waals surface area contributed by atoms with Gasteiger partial charge in [-0.1, -0.05) is 54.6 Å². The van der Waals surface area contributed by atoms with Gasteiger partial charge in [0.1, 0.15) is 38.6 Å². The third-order valence-electron chi connectivity index (χ3n) is 5.66. The predicted octanol–water partition coefficient (Wildman–Crippen LogP) is 3.83. The second-order valence-electron chi connectivity index (χ2n) is 7.53. The monoisotopic (exact) mass is 446 g/mol. The number of hydrogen-bond acceptors (Lipinski definition) is 3. The van der Waals surface area contributed by atoms with E-state index in [1.54, 1.807) is 12.1 Å². The third kappa shape index (κ3) is 3.83. The first-order valence-corrected chi connectivity index (χ1v) is 13.2. The lowest BCUT2D eigenvalue weighted by Crippen LogP contribution is -2.40. The van der Waals surface area contributed by atoms with Crippen LogP contribution in [0.1, 0.15) is 11.1 Å². The van der Waals surface area contributed by atoms with E-state index in [-0.39, 0.29) is 4.90 Å². The summed E-state index contributed by atoms with van der Waals surface area (Å²) in [6, 6.07) is 32.8. The van der Waals surface area contributed by atoms with E-state index in [0.29, 0.717) is 5.30 Å². The van der Waals surface area contributed by atoms with E-state index < -0.39 is 17.4 Å². The van der Waals surface area contributed by atoms with E-state index in [4.69, 9.17) is 0 Å². The molecule has 0 heterocycles. The zero-order valence-electron chi connectivity index (χ0n) is 17.4. The van der Waals surface area contributed by atoms with Crippen LogP contribution in [0, 0.1) is 13.8 Å². The largest absolute Gasteiger partial charge is 0.744 e. The molecule has 0 aliphatic heterocycles. The lowest BCUT2D eigenvalue weighted by molar-refractivity contribution is 0.463. The maximum absolute atomic E-state index is 12.4. The zero-order valence-corrected chi connectivity index (χ0v) is 19.1. The Balaban J connectivity index is 2.24. The molecule has 0 bridgehead atoms. The van der Waals surface area contributed by atoms with Crippen molar-refractivity contribution in [1.29, 1.82) is 0 Å². The molecule has 0 amide bonds. The number of hydrogen-bond donors (Lipinski definition) is 0. The van der Waals surface area contributed by atoms with Crippen LogP contribution < -0.4 is 21.2 Å². The Morgan fingerprint density at radius 3 is 1.65 bits per heavy atom. The molecule has 0 aliphatic rings. The lowest BCUT2D eigenvalue weighted by Gasteiger charge is -2.30. The van der Waals surface area contributed by atoms with Crippen LogP contribution in [-0.2, 0) is 10.1 Å². The average Bonchev–Trinajstić information content (AvgIpc) is 2.78. The molecule has 0 saturated carbocycles. The van der Waals surface area contributed by atoms with Crippen molar-refractivity contribution < 1.29 is 13.0 Å². The molecular weight excluding hydrogens is 423 g/mol. The van der Waals surface area contributed by atoms with Crippen molar-refractivity contribution in [2.75, 3.05) is 0 Å². The van der Waals surface area contributed by atoms with E-state index in [9.17, 15) is 13.0 Å². The van der Waals surface area contributed by atoms with Crippen LogP contribution in [0.25, 0.3) is 0 Å². The van der Waals surface area contributed by atoms with E-state index >= 15 is 0 Å². The Hall–Kier alpha value is -2.78. The smallest absolute Gasteiger partial charge is 0.145 e. The highest BCUT2D eigenvalue weighted by molar-refractivity contribution is 8.02. The van der Waals surface area contributed by atoms with E-state index in [1.165, 1.54) is 6.07 Å². The summed E-state index contributed by atoms with van der Waals surface area (Å²) in [4.78, 5) is -0.158. The molecule has 4 aromatic rings. The molecule has 0 unspecified atom stereocenters. The molecule has 4 rings (SSSR count). The highest BCUT2D eigenvalue weighted by atomic mass is 32.2. The van der Waals surface area contributed by atoms with Crippen molar-refractivity contribution in [2.24, 2.45) is 0 Å². The quantitative estimate of drug-likeness (QED) is 0.346. The second-order valence-corrected chi connectivity index (χ2v) is 12.3. The molecule has 4 aromatic carbocycles. The summed E-state index contributed by atoms with van der Waals surface area (Å²) >= 11 is 0. The van der Waals surface area contributed by atoms with E-state index in [1.807, 2.05) is 66.7 Å². The fourth-order valence-electron chi connectivity index (χ4n) is 4.05. The first-order chi connectivity index (χ1) is 14.8. The molecule has 0 aromatic heterocycles. The fourth-order valence-corrected chi connectivity index (χ4v) is 9.73. The molecule has 0 aliphatic carbocycles. The predicted molar refractivity (Wildman–Crippen MR) is 129 cm³/mol. The summed E-state index contributed by atoms with van der Waals surface area (Å²) in [5, 5.41) is 3.58. The van der Waals surface area contributed by atoms with Crippen LogP contribution >= 0.6 is 7.26 Å². The Morgan fingerprint density at radius 1 is 0.613 bits per heavy atom. The Morgan fingerprint density at radius 2 is 1.13 bits per heavy atom. The summed E-state index contributed by atoms with van der Waals surface area (Å²) in [6.07, 6.45) is 0. The molecule has 0 spiro atoms. The molecule has 156 valence electrons. The standard InChI is InChI=1S/C26H23O3PS/c1-20-17-18-24(19-21(20)2)30(22-11-5-3-6-12-22,23-13-7-4-8-14-23)25-15-9-10-16-26(25)31(27,28)29/h3-19H,1-2H3. The van der Waals surface area contributed by atoms with Crippen LogP contribution in [0.15, 0.2) is 108 Å². The zero-order chi connectivity index (χ0) is 22.1. The molecular formula is C26H23O3PS. The Kier molecular flexibility index (Phi) is 5.81. The number of aryl methyl sites for hydroxylation is 2. The van der Waals surface area contributed by atoms with Gasteiger partial charge < -0.3 is 4.55 Å². The highest BCUT2D eigenvalue weighted by Gasteiger charge is 2.50. The highest BCUT2D eigenvalue weighted by Crippen LogP contribution is 2.55. The van der Waals surface area contributed by atoms with Crippen LogP contribution in [-0.4, -0.2) is 13.0 Å². The van der Waals surface area contributed by atoms with Crippen LogP contribution in [0.3, 0.4) is 0 Å². The topological polar surface area (TPSA) is 57.2 Å². The van der Waals surface area contributed by atoms with Crippen molar-refractivity contribution in [2.45, 2.75) is 18.7 Å². The minimum Gasteiger partial charge on any atom is -0.744 e. The van der Waals surface area contributed by atoms with Gasteiger partial charge in [-0.2, -0.15) is 0 Å². The van der Waals surface area contributed by atoms with Gasteiger partial charge in [0.2, 0.25) is 0 Å². The maximum Gasteiger partial charge on any atom is 0.145 e. The molecule has 0 saturated heterocycles. The van der Waals surface area contributed by atoms with Gasteiger partial charge in [0.25, 0.3) is 0 Å². The Labute approximate surface area is 184 Å². The van der Waals surface area contributed by atoms with Crippen molar-refractivity contribution in [3.8, 4) is 0 Å². The SMILES string of the molecule is Cc1ccc([P+](c2ccccc2)(c2ccccc2)c2ccccc2S(=O)(=O)[O-])cc1C. The summed E-state index contributed by atoms with van der Waals surface area (Å²) in [5.41, 5.74) is 2.28. The van der Waals surface area contributed by atoms with Crippen molar-refractivity contribution in [1.82, 2.24) is 0 Å². The molecule has 0 fully saturated rings. The fraction of sp³-hybridized carbons (Fsp3) is 0.0769. The second kappa shape index (κ2) is 8.39. The summed E-state index contributed by atoms with van der Waals surface area (Å²) in [6.45, 7) is 4.11. The summed E-state index contributed by atoms with van der Waals surface area (Å²) < 4.78 is 37.1. The van der Waals surface area contributed by atoms with Crippen LogP contribution in [0.5, 0.6) is 0 Å². The number of benzene rings is 4. The van der Waals surface area contributed by atoms with Gasteiger partial charge in [0.05, 0.1) is 4.90 Å². The lowest BCUT2D eigenvalue weighted by atomic mass is 10.1. The molecule has 31 heavy (non-hydrogen) atoms. The molecule has 5 heteroatoms. The summed E-state index contributed by atoms with van der Waals surface area (Å²) in [7, 11) is -7.35. The minimum absolute atomic E-state index is 0.158. The van der Waals surface area contributed by atoms with Crippen LogP contribution in [0.2, 0.25) is 0 Å². The van der Waals surface area contributed by atoms with Crippen molar-refractivity contribution in [3.05, 3.63) is 114 Å². The minimum atomic E-state index is -4.68. The molecule has 0 N–H and O–H groups in total. The normalized spacial score (nSPS) is 12.0. The van der Waals surface area contributed by atoms with Crippen molar-refractivity contribution >= 4 is 38.6 Å². The summed E-state index contributed by atoms with van der Waals surface area (Å²) in [5.74, 6) is 0. The van der Waals surface area contributed by atoms with Gasteiger partial charge in [0, 0.05) is 0 Å². The first-order valence-electron chi connectivity index (χ1n) is 9.99. The third-order valence-corrected chi connectivity index (χ3v) is 11.0. The van der Waals surface area contributed by atoms with Gasteiger partial charge >= 0.3 is 0 Å². The van der Waals surface area contributed by atoms with E-state index in [0.717, 1.165) is 27.0 Å². The van der Waals surface area contributed by atoms with Crippen LogP contribution in [0.4, 0.5) is 0 Å².